The number of ether oxygens (including phenoxy) is 1. The lowest BCUT2D eigenvalue weighted by Gasteiger charge is -2.10. The van der Waals surface area contributed by atoms with Gasteiger partial charge in [0.05, 0.1) is 0 Å². The number of carbonyl (C=O) groups excluding carboxylic acids is 1. The molecule has 0 saturated carbocycles. The highest BCUT2D eigenvalue weighted by atomic mass is 16.5. The molecule has 0 aromatic heterocycles. The lowest BCUT2D eigenvalue weighted by molar-refractivity contribution is -0.123. The van der Waals surface area contributed by atoms with Crippen LogP contribution < -0.4 is 10.1 Å². The highest BCUT2D eigenvalue weighted by molar-refractivity contribution is 5.77. The molecule has 0 radical (unpaired) electrons. The van der Waals surface area contributed by atoms with E-state index in [1.54, 1.807) is 0 Å². The second-order valence-electron chi connectivity index (χ2n) is 8.50. The van der Waals surface area contributed by atoms with E-state index in [-0.39, 0.29) is 12.5 Å². The van der Waals surface area contributed by atoms with Crippen LogP contribution in [0.2, 0.25) is 0 Å². The molecule has 0 aliphatic heterocycles. The monoisotopic (exact) mass is 403 g/mol. The van der Waals surface area contributed by atoms with Crippen LogP contribution in [-0.2, 0) is 4.79 Å². The van der Waals surface area contributed by atoms with E-state index in [9.17, 15) is 4.79 Å². The van der Waals surface area contributed by atoms with Gasteiger partial charge in [-0.15, -0.1) is 0 Å². The van der Waals surface area contributed by atoms with Gasteiger partial charge in [-0.3, -0.25) is 4.79 Å². The van der Waals surface area contributed by atoms with Crippen LogP contribution in [0.1, 0.15) is 108 Å². The average molecular weight is 404 g/mol. The first-order valence-electron chi connectivity index (χ1n) is 12.1. The molecule has 0 bridgehead atoms. The highest BCUT2D eigenvalue weighted by Gasteiger charge is 2.04. The maximum Gasteiger partial charge on any atom is 0.257 e. The van der Waals surface area contributed by atoms with Crippen molar-refractivity contribution in [3.05, 3.63) is 29.3 Å². The first kappa shape index (κ1) is 25.5. The number of aryl methyl sites for hydroxylation is 2. The number of benzene rings is 1. The van der Waals surface area contributed by atoms with E-state index in [1.165, 1.54) is 83.5 Å². The van der Waals surface area contributed by atoms with Gasteiger partial charge in [0.1, 0.15) is 5.75 Å². The molecule has 0 spiro atoms. The van der Waals surface area contributed by atoms with Crippen LogP contribution in [-0.4, -0.2) is 19.1 Å². The summed E-state index contributed by atoms with van der Waals surface area (Å²) in [5.41, 5.74) is 2.21. The van der Waals surface area contributed by atoms with Crippen LogP contribution in [0.4, 0.5) is 0 Å². The van der Waals surface area contributed by atoms with Gasteiger partial charge in [-0.1, -0.05) is 103 Å². The van der Waals surface area contributed by atoms with Gasteiger partial charge in [-0.05, 0) is 37.5 Å². The summed E-state index contributed by atoms with van der Waals surface area (Å²) in [7, 11) is 0. The Morgan fingerprint density at radius 1 is 0.793 bits per heavy atom. The zero-order valence-corrected chi connectivity index (χ0v) is 19.4. The van der Waals surface area contributed by atoms with Crippen molar-refractivity contribution in [2.24, 2.45) is 0 Å². The van der Waals surface area contributed by atoms with E-state index < -0.39 is 0 Å². The Balaban J connectivity index is 1.86. The Hall–Kier alpha value is -1.51. The predicted molar refractivity (Wildman–Crippen MR) is 125 cm³/mol. The number of rotatable bonds is 18. The molecule has 3 nitrogen and oxygen atoms in total. The number of unbranched alkanes of at least 4 members (excludes halogenated alkanes) is 13. The van der Waals surface area contributed by atoms with E-state index >= 15 is 0 Å². The molecule has 1 amide bonds. The molecule has 0 fully saturated rings. The molecule has 0 heterocycles. The quantitative estimate of drug-likeness (QED) is 0.261. The van der Waals surface area contributed by atoms with Crippen molar-refractivity contribution in [2.45, 2.75) is 111 Å². The molecule has 1 rings (SSSR count). The van der Waals surface area contributed by atoms with Crippen LogP contribution in [0.5, 0.6) is 5.75 Å². The SMILES string of the molecule is CCCCCCCCCCCCCCCCNC(=O)COc1cc(C)ccc1C. The van der Waals surface area contributed by atoms with E-state index in [4.69, 9.17) is 4.74 Å². The minimum absolute atomic E-state index is 0.0272. The topological polar surface area (TPSA) is 38.3 Å². The van der Waals surface area contributed by atoms with Crippen molar-refractivity contribution in [3.8, 4) is 5.75 Å². The lowest BCUT2D eigenvalue weighted by atomic mass is 10.0. The molecule has 0 unspecified atom stereocenters. The van der Waals surface area contributed by atoms with Gasteiger partial charge in [0.15, 0.2) is 6.61 Å². The summed E-state index contributed by atoms with van der Waals surface area (Å²) in [4.78, 5) is 11.9. The molecule has 1 aromatic carbocycles. The molecule has 3 heteroatoms. The van der Waals surface area contributed by atoms with Gasteiger partial charge in [-0.25, -0.2) is 0 Å². The van der Waals surface area contributed by atoms with Crippen molar-refractivity contribution < 1.29 is 9.53 Å². The number of hydrogen-bond acceptors (Lipinski definition) is 2. The molecule has 166 valence electrons. The fraction of sp³-hybridized carbons (Fsp3) is 0.731. The minimum Gasteiger partial charge on any atom is -0.483 e. The smallest absolute Gasteiger partial charge is 0.257 e. The minimum atomic E-state index is -0.0272. The van der Waals surface area contributed by atoms with Gasteiger partial charge in [0.25, 0.3) is 5.91 Å². The van der Waals surface area contributed by atoms with Crippen LogP contribution in [0.15, 0.2) is 18.2 Å². The summed E-state index contributed by atoms with van der Waals surface area (Å²) in [6.45, 7) is 7.17. The van der Waals surface area contributed by atoms with Gasteiger partial charge in [0.2, 0.25) is 0 Å². The maximum atomic E-state index is 11.9. The Morgan fingerprint density at radius 3 is 1.86 bits per heavy atom. The molecule has 1 N–H and O–H groups in total. The molecule has 0 saturated heterocycles. The van der Waals surface area contributed by atoms with Crippen molar-refractivity contribution in [1.29, 1.82) is 0 Å². The average Bonchev–Trinajstić information content (AvgIpc) is 2.71. The molecular formula is C26H45NO2. The van der Waals surface area contributed by atoms with E-state index in [2.05, 4.69) is 18.3 Å². The number of amides is 1. The van der Waals surface area contributed by atoms with Gasteiger partial charge >= 0.3 is 0 Å². The zero-order valence-electron chi connectivity index (χ0n) is 19.4. The fourth-order valence-corrected chi connectivity index (χ4v) is 3.60. The first-order valence-corrected chi connectivity index (χ1v) is 12.1. The Kier molecular flexibility index (Phi) is 15.3. The fourth-order valence-electron chi connectivity index (χ4n) is 3.60. The summed E-state index contributed by atoms with van der Waals surface area (Å²) in [5, 5.41) is 2.97. The molecular weight excluding hydrogens is 358 g/mol. The van der Waals surface area contributed by atoms with E-state index in [1.807, 2.05) is 26.0 Å². The number of carbonyl (C=O) groups is 1. The van der Waals surface area contributed by atoms with Crippen LogP contribution in [0.3, 0.4) is 0 Å². The standard InChI is InChI=1S/C26H45NO2/c1-4-5-6-7-8-9-10-11-12-13-14-15-16-17-20-27-26(28)22-29-25-21-23(2)18-19-24(25)3/h18-19,21H,4-17,20,22H2,1-3H3,(H,27,28). The summed E-state index contributed by atoms with van der Waals surface area (Å²) >= 11 is 0. The summed E-state index contributed by atoms with van der Waals surface area (Å²) in [6, 6.07) is 6.06. The number of hydrogen-bond donors (Lipinski definition) is 1. The Labute approximate surface area is 180 Å². The van der Waals surface area contributed by atoms with Gasteiger partial charge < -0.3 is 10.1 Å². The van der Waals surface area contributed by atoms with Crippen molar-refractivity contribution >= 4 is 5.91 Å². The molecule has 29 heavy (non-hydrogen) atoms. The maximum absolute atomic E-state index is 11.9. The molecule has 0 atom stereocenters. The van der Waals surface area contributed by atoms with E-state index in [0.717, 1.165) is 29.8 Å². The van der Waals surface area contributed by atoms with Crippen molar-refractivity contribution in [1.82, 2.24) is 5.32 Å². The van der Waals surface area contributed by atoms with Gasteiger partial charge in [0, 0.05) is 6.54 Å². The Bertz CT molecular complexity index is 542. The molecule has 1 aromatic rings. The van der Waals surface area contributed by atoms with Crippen LogP contribution >= 0.6 is 0 Å². The molecule has 0 aliphatic carbocycles. The van der Waals surface area contributed by atoms with Gasteiger partial charge in [-0.2, -0.15) is 0 Å². The summed E-state index contributed by atoms with van der Waals surface area (Å²) in [5.74, 6) is 0.775. The second-order valence-corrected chi connectivity index (χ2v) is 8.50. The normalized spacial score (nSPS) is 10.9. The number of nitrogens with one attached hydrogen (secondary N) is 1. The third-order valence-electron chi connectivity index (χ3n) is 5.55. The summed E-state index contributed by atoms with van der Waals surface area (Å²) < 4.78 is 5.64. The Morgan fingerprint density at radius 2 is 1.31 bits per heavy atom. The van der Waals surface area contributed by atoms with Crippen LogP contribution in [0, 0.1) is 13.8 Å². The van der Waals surface area contributed by atoms with Crippen molar-refractivity contribution in [3.63, 3.8) is 0 Å². The lowest BCUT2D eigenvalue weighted by Crippen LogP contribution is -2.29. The highest BCUT2D eigenvalue weighted by Crippen LogP contribution is 2.18. The predicted octanol–water partition coefficient (Wildman–Crippen LogP) is 7.28. The summed E-state index contributed by atoms with van der Waals surface area (Å²) in [6.07, 6.45) is 18.9. The largest absolute Gasteiger partial charge is 0.483 e. The van der Waals surface area contributed by atoms with Crippen molar-refractivity contribution in [2.75, 3.05) is 13.2 Å². The third kappa shape index (κ3) is 14.2. The second kappa shape index (κ2) is 17.4. The van der Waals surface area contributed by atoms with Crippen LogP contribution in [0.25, 0.3) is 0 Å². The zero-order chi connectivity index (χ0) is 21.2. The van der Waals surface area contributed by atoms with E-state index in [0.29, 0.717) is 0 Å². The third-order valence-corrected chi connectivity index (χ3v) is 5.55. The molecule has 0 aliphatic rings. The first-order chi connectivity index (χ1) is 14.1.